The molecular formula is C18H20N4O2. The highest BCUT2D eigenvalue weighted by Crippen LogP contribution is 2.19. The van der Waals surface area contributed by atoms with Gasteiger partial charge in [-0.3, -0.25) is 4.79 Å². The summed E-state index contributed by atoms with van der Waals surface area (Å²) in [5.41, 5.74) is 3.44. The lowest BCUT2D eigenvalue weighted by Gasteiger charge is -2.17. The largest absolute Gasteiger partial charge is 0.370 e. The molecular weight excluding hydrogens is 304 g/mol. The molecule has 0 atom stereocenters. The lowest BCUT2D eigenvalue weighted by atomic mass is 10.1. The number of fused-ring (bicyclic) bond motifs is 1. The number of carbonyl (C=O) groups excluding carboxylic acids is 2. The van der Waals surface area contributed by atoms with Gasteiger partial charge in [0.1, 0.15) is 12.1 Å². The van der Waals surface area contributed by atoms with Crippen molar-refractivity contribution in [3.8, 4) is 0 Å². The van der Waals surface area contributed by atoms with Crippen LogP contribution >= 0.6 is 0 Å². The van der Waals surface area contributed by atoms with Gasteiger partial charge in [0.25, 0.3) is 0 Å². The van der Waals surface area contributed by atoms with E-state index < -0.39 is 0 Å². The van der Waals surface area contributed by atoms with E-state index in [1.165, 1.54) is 5.56 Å². The van der Waals surface area contributed by atoms with Crippen molar-refractivity contribution in [3.05, 3.63) is 53.2 Å². The molecule has 0 aliphatic carbocycles. The van der Waals surface area contributed by atoms with Gasteiger partial charge in [0.15, 0.2) is 0 Å². The zero-order valence-corrected chi connectivity index (χ0v) is 13.3. The standard InChI is InChI=1S/C18H20N4O2/c23-12-13-3-6-15(7-4-13)22-18(24)20-11-9-16-8-5-14-2-1-10-19-17(14)21-16/h3-8,12H,1-2,9-11H2,(H,19,21)(H2,20,22,24). The second-order valence-electron chi connectivity index (χ2n) is 5.71. The van der Waals surface area contributed by atoms with Crippen molar-refractivity contribution in [2.75, 3.05) is 23.7 Å². The van der Waals surface area contributed by atoms with E-state index in [4.69, 9.17) is 0 Å². The van der Waals surface area contributed by atoms with Crippen LogP contribution in [-0.2, 0) is 12.8 Å². The average Bonchev–Trinajstić information content (AvgIpc) is 2.62. The van der Waals surface area contributed by atoms with E-state index in [2.05, 4.69) is 27.0 Å². The van der Waals surface area contributed by atoms with Gasteiger partial charge in [0.05, 0.1) is 0 Å². The molecule has 6 nitrogen and oxygen atoms in total. The molecule has 6 heteroatoms. The van der Waals surface area contributed by atoms with Crippen LogP contribution in [0.2, 0.25) is 0 Å². The lowest BCUT2D eigenvalue weighted by Crippen LogP contribution is -2.30. The highest BCUT2D eigenvalue weighted by atomic mass is 16.2. The Bertz CT molecular complexity index is 728. The molecule has 2 amide bonds. The van der Waals surface area contributed by atoms with Gasteiger partial charge in [0, 0.05) is 36.5 Å². The predicted molar refractivity (Wildman–Crippen MR) is 93.6 cm³/mol. The molecule has 0 spiro atoms. The van der Waals surface area contributed by atoms with Crippen molar-refractivity contribution in [3.63, 3.8) is 0 Å². The van der Waals surface area contributed by atoms with Crippen molar-refractivity contribution >= 4 is 23.8 Å². The number of hydrogen-bond acceptors (Lipinski definition) is 4. The Morgan fingerprint density at radius 2 is 2.04 bits per heavy atom. The summed E-state index contributed by atoms with van der Waals surface area (Å²) in [7, 11) is 0. The Morgan fingerprint density at radius 3 is 2.83 bits per heavy atom. The quantitative estimate of drug-likeness (QED) is 0.738. The van der Waals surface area contributed by atoms with Crippen LogP contribution in [0.3, 0.4) is 0 Å². The van der Waals surface area contributed by atoms with E-state index in [1.54, 1.807) is 24.3 Å². The molecule has 0 bridgehead atoms. The zero-order chi connectivity index (χ0) is 16.8. The molecule has 1 aromatic heterocycles. The minimum absolute atomic E-state index is 0.273. The number of hydrogen-bond donors (Lipinski definition) is 3. The van der Waals surface area contributed by atoms with Crippen LogP contribution in [0.1, 0.15) is 28.0 Å². The number of aryl methyl sites for hydroxylation is 1. The van der Waals surface area contributed by atoms with E-state index in [1.807, 2.05) is 6.07 Å². The molecule has 1 aliphatic heterocycles. The molecule has 0 fully saturated rings. The molecule has 0 saturated carbocycles. The number of urea groups is 1. The van der Waals surface area contributed by atoms with Crippen LogP contribution in [0.5, 0.6) is 0 Å². The Balaban J connectivity index is 1.47. The fourth-order valence-electron chi connectivity index (χ4n) is 2.63. The molecule has 2 heterocycles. The number of carbonyl (C=O) groups is 2. The predicted octanol–water partition coefficient (Wildman–Crippen LogP) is 2.62. The average molecular weight is 324 g/mol. The van der Waals surface area contributed by atoms with Gasteiger partial charge in [0.2, 0.25) is 0 Å². The summed E-state index contributed by atoms with van der Waals surface area (Å²) in [5, 5.41) is 8.85. The Labute approximate surface area is 140 Å². The summed E-state index contributed by atoms with van der Waals surface area (Å²) in [6.45, 7) is 1.47. The maximum atomic E-state index is 11.9. The minimum atomic E-state index is -0.273. The van der Waals surface area contributed by atoms with Crippen LogP contribution in [-0.4, -0.2) is 30.4 Å². The number of amides is 2. The summed E-state index contributed by atoms with van der Waals surface area (Å²) < 4.78 is 0. The van der Waals surface area contributed by atoms with Crippen molar-refractivity contribution < 1.29 is 9.59 Å². The van der Waals surface area contributed by atoms with E-state index in [0.29, 0.717) is 24.2 Å². The number of pyridine rings is 1. The number of anilines is 2. The molecule has 0 saturated heterocycles. The Kier molecular flexibility index (Phi) is 5.05. The van der Waals surface area contributed by atoms with Gasteiger partial charge >= 0.3 is 6.03 Å². The first kappa shape index (κ1) is 16.0. The molecule has 3 rings (SSSR count). The summed E-state index contributed by atoms with van der Waals surface area (Å²) in [5.74, 6) is 0.971. The number of nitrogens with zero attached hydrogens (tertiary/aromatic N) is 1. The van der Waals surface area contributed by atoms with Crippen LogP contribution in [0.25, 0.3) is 0 Å². The minimum Gasteiger partial charge on any atom is -0.370 e. The smallest absolute Gasteiger partial charge is 0.319 e. The topological polar surface area (TPSA) is 83.1 Å². The van der Waals surface area contributed by atoms with E-state index in [9.17, 15) is 9.59 Å². The normalized spacial score (nSPS) is 12.7. The maximum Gasteiger partial charge on any atom is 0.319 e. The summed E-state index contributed by atoms with van der Waals surface area (Å²) in [6, 6.07) is 10.6. The number of benzene rings is 1. The van der Waals surface area contributed by atoms with E-state index in [0.717, 1.165) is 37.2 Å². The highest BCUT2D eigenvalue weighted by Gasteiger charge is 2.10. The van der Waals surface area contributed by atoms with Gasteiger partial charge in [-0.25, -0.2) is 9.78 Å². The number of aldehydes is 1. The number of nitrogens with one attached hydrogen (secondary N) is 3. The third-order valence-electron chi connectivity index (χ3n) is 3.92. The molecule has 0 unspecified atom stereocenters. The van der Waals surface area contributed by atoms with Crippen molar-refractivity contribution in [1.82, 2.24) is 10.3 Å². The van der Waals surface area contributed by atoms with Gasteiger partial charge in [-0.05, 0) is 48.7 Å². The Morgan fingerprint density at radius 1 is 1.21 bits per heavy atom. The molecule has 0 radical (unpaired) electrons. The third-order valence-corrected chi connectivity index (χ3v) is 3.92. The molecule has 2 aromatic rings. The van der Waals surface area contributed by atoms with Crippen molar-refractivity contribution in [2.24, 2.45) is 0 Å². The molecule has 124 valence electrons. The van der Waals surface area contributed by atoms with Gasteiger partial charge in [-0.1, -0.05) is 6.07 Å². The van der Waals surface area contributed by atoms with Gasteiger partial charge in [-0.15, -0.1) is 0 Å². The first-order valence-corrected chi connectivity index (χ1v) is 8.07. The van der Waals surface area contributed by atoms with Crippen LogP contribution in [0.4, 0.5) is 16.3 Å². The SMILES string of the molecule is O=Cc1ccc(NC(=O)NCCc2ccc3c(n2)NCCC3)cc1. The van der Waals surface area contributed by atoms with Crippen molar-refractivity contribution in [1.29, 1.82) is 0 Å². The molecule has 24 heavy (non-hydrogen) atoms. The summed E-state index contributed by atoms with van der Waals surface area (Å²) >= 11 is 0. The lowest BCUT2D eigenvalue weighted by molar-refractivity contribution is 0.112. The van der Waals surface area contributed by atoms with Crippen LogP contribution < -0.4 is 16.0 Å². The first-order chi connectivity index (χ1) is 11.7. The van der Waals surface area contributed by atoms with Gasteiger partial charge in [-0.2, -0.15) is 0 Å². The van der Waals surface area contributed by atoms with E-state index >= 15 is 0 Å². The molecule has 1 aliphatic rings. The zero-order valence-electron chi connectivity index (χ0n) is 13.3. The second-order valence-corrected chi connectivity index (χ2v) is 5.71. The van der Waals surface area contributed by atoms with Gasteiger partial charge < -0.3 is 16.0 Å². The fourth-order valence-corrected chi connectivity index (χ4v) is 2.63. The second kappa shape index (κ2) is 7.59. The summed E-state index contributed by atoms with van der Waals surface area (Å²) in [6.07, 6.45) is 3.65. The van der Waals surface area contributed by atoms with E-state index in [-0.39, 0.29) is 6.03 Å². The summed E-state index contributed by atoms with van der Waals surface area (Å²) in [4.78, 5) is 27.1. The fraction of sp³-hybridized carbons (Fsp3) is 0.278. The Hall–Kier alpha value is -2.89. The monoisotopic (exact) mass is 324 g/mol. The maximum absolute atomic E-state index is 11.9. The molecule has 3 N–H and O–H groups in total. The van der Waals surface area contributed by atoms with Crippen molar-refractivity contribution in [2.45, 2.75) is 19.3 Å². The number of aromatic nitrogens is 1. The van der Waals surface area contributed by atoms with Crippen LogP contribution in [0.15, 0.2) is 36.4 Å². The van der Waals surface area contributed by atoms with Crippen LogP contribution in [0, 0.1) is 0 Å². The number of rotatable bonds is 5. The molecule has 1 aromatic carbocycles. The first-order valence-electron chi connectivity index (χ1n) is 8.07. The highest BCUT2D eigenvalue weighted by molar-refractivity contribution is 5.89. The third kappa shape index (κ3) is 4.10.